The maximum absolute atomic E-state index is 12.6. The number of hydrogen-bond donors (Lipinski definition) is 2. The van der Waals surface area contributed by atoms with Gasteiger partial charge in [-0.3, -0.25) is 4.79 Å². The second-order valence-corrected chi connectivity index (χ2v) is 8.67. The maximum atomic E-state index is 12.6. The van der Waals surface area contributed by atoms with Gasteiger partial charge in [-0.1, -0.05) is 18.2 Å². The van der Waals surface area contributed by atoms with Gasteiger partial charge in [0.2, 0.25) is 10.0 Å². The zero-order valence-electron chi connectivity index (χ0n) is 13.9. The fourth-order valence-electron chi connectivity index (χ4n) is 2.70. The van der Waals surface area contributed by atoms with Gasteiger partial charge in [0.25, 0.3) is 0 Å². The fourth-order valence-corrected chi connectivity index (χ4v) is 4.25. The van der Waals surface area contributed by atoms with E-state index in [1.165, 1.54) is 19.2 Å². The molecular formula is C18H17IN2O4S. The number of methoxy groups -OCH3 is 1. The Labute approximate surface area is 165 Å². The Bertz CT molecular complexity index is 1030. The number of para-hydroxylation sites is 1. The summed E-state index contributed by atoms with van der Waals surface area (Å²) < 4.78 is 33.5. The Balaban J connectivity index is 1.89. The minimum Gasteiger partial charge on any atom is -0.468 e. The monoisotopic (exact) mass is 484 g/mol. The van der Waals surface area contributed by atoms with Crippen molar-refractivity contribution in [3.05, 3.63) is 63.9 Å². The molecule has 1 heterocycles. The zero-order valence-corrected chi connectivity index (χ0v) is 16.9. The number of aromatic amines is 1. The molecule has 0 bridgehead atoms. The summed E-state index contributed by atoms with van der Waals surface area (Å²) in [6.07, 6.45) is 1.96. The van der Waals surface area contributed by atoms with Gasteiger partial charge in [-0.05, 0) is 58.5 Å². The first-order chi connectivity index (χ1) is 12.4. The molecule has 0 unspecified atom stereocenters. The third-order valence-corrected chi connectivity index (χ3v) is 6.21. The van der Waals surface area contributed by atoms with Crippen LogP contribution in [0.4, 0.5) is 0 Å². The quantitative estimate of drug-likeness (QED) is 0.416. The molecule has 2 aromatic carbocycles. The Hall–Kier alpha value is -1.91. The summed E-state index contributed by atoms with van der Waals surface area (Å²) >= 11 is 2.10. The number of rotatable bonds is 6. The number of sulfonamides is 1. The molecule has 8 heteroatoms. The van der Waals surface area contributed by atoms with Crippen LogP contribution >= 0.6 is 22.6 Å². The molecule has 0 spiro atoms. The number of ether oxygens (including phenoxy) is 1. The van der Waals surface area contributed by atoms with E-state index in [1.807, 2.05) is 24.3 Å². The molecule has 6 nitrogen and oxygen atoms in total. The summed E-state index contributed by atoms with van der Waals surface area (Å²) in [6, 6.07) is 13.0. The first-order valence-electron chi connectivity index (χ1n) is 7.81. The summed E-state index contributed by atoms with van der Waals surface area (Å²) in [5.74, 6) is -0.635. The molecular weight excluding hydrogens is 467 g/mol. The van der Waals surface area contributed by atoms with Crippen LogP contribution in [0.5, 0.6) is 0 Å². The Kier molecular flexibility index (Phi) is 5.64. The number of carbonyl (C=O) groups is 1. The molecule has 26 heavy (non-hydrogen) atoms. The van der Waals surface area contributed by atoms with Crippen LogP contribution < -0.4 is 4.72 Å². The second-order valence-electron chi connectivity index (χ2n) is 5.71. The Morgan fingerprint density at radius 1 is 1.19 bits per heavy atom. The largest absolute Gasteiger partial charge is 0.468 e. The van der Waals surface area contributed by atoms with Gasteiger partial charge in [0.1, 0.15) is 6.04 Å². The fraction of sp³-hybridized carbons (Fsp3) is 0.167. The van der Waals surface area contributed by atoms with Crippen LogP contribution in [0.25, 0.3) is 10.9 Å². The molecule has 0 aliphatic carbocycles. The van der Waals surface area contributed by atoms with Crippen molar-refractivity contribution in [3.8, 4) is 0 Å². The normalized spacial score (nSPS) is 12.8. The van der Waals surface area contributed by atoms with E-state index in [0.29, 0.717) is 0 Å². The summed E-state index contributed by atoms with van der Waals surface area (Å²) in [5.41, 5.74) is 1.76. The molecule has 0 saturated heterocycles. The highest BCUT2D eigenvalue weighted by Crippen LogP contribution is 2.20. The maximum Gasteiger partial charge on any atom is 0.324 e. The van der Waals surface area contributed by atoms with E-state index in [0.717, 1.165) is 20.0 Å². The molecule has 3 aromatic rings. The smallest absolute Gasteiger partial charge is 0.324 e. The third kappa shape index (κ3) is 4.08. The summed E-state index contributed by atoms with van der Waals surface area (Å²) in [7, 11) is -2.61. The first kappa shape index (κ1) is 18.9. The Morgan fingerprint density at radius 2 is 1.88 bits per heavy atom. The van der Waals surface area contributed by atoms with Crippen LogP contribution in [0, 0.1) is 3.57 Å². The molecule has 136 valence electrons. The van der Waals surface area contributed by atoms with E-state index < -0.39 is 22.0 Å². The molecule has 0 amide bonds. The highest BCUT2D eigenvalue weighted by molar-refractivity contribution is 14.1. The van der Waals surface area contributed by atoms with Crippen LogP contribution in [0.15, 0.2) is 59.6 Å². The summed E-state index contributed by atoms with van der Waals surface area (Å²) in [6.45, 7) is 0. The van der Waals surface area contributed by atoms with Gasteiger partial charge in [0.15, 0.2) is 0 Å². The molecule has 0 radical (unpaired) electrons. The molecule has 0 saturated carbocycles. The van der Waals surface area contributed by atoms with Crippen molar-refractivity contribution in [1.29, 1.82) is 0 Å². The SMILES string of the molecule is COC(=O)[C@@H](Cc1c[nH]c2ccccc12)NS(=O)(=O)c1ccc(I)cc1. The summed E-state index contributed by atoms with van der Waals surface area (Å²) in [5, 5.41) is 0.940. The predicted octanol–water partition coefficient (Wildman–Crippen LogP) is 2.84. The first-order valence-corrected chi connectivity index (χ1v) is 10.4. The molecule has 0 aliphatic heterocycles. The van der Waals surface area contributed by atoms with E-state index in [4.69, 9.17) is 4.74 Å². The third-order valence-electron chi connectivity index (χ3n) is 4.01. The lowest BCUT2D eigenvalue weighted by atomic mass is 10.1. The molecule has 1 aromatic heterocycles. The standard InChI is InChI=1S/C18H17IN2O4S/c1-25-18(22)17(10-12-11-20-16-5-3-2-4-15(12)16)21-26(23,24)14-8-6-13(19)7-9-14/h2-9,11,17,20-21H,10H2,1H3/t17-/m1/s1. The lowest BCUT2D eigenvalue weighted by Gasteiger charge is -2.16. The van der Waals surface area contributed by atoms with Crippen molar-refractivity contribution in [2.75, 3.05) is 7.11 Å². The molecule has 3 rings (SSSR count). The van der Waals surface area contributed by atoms with Crippen LogP contribution in [0.2, 0.25) is 0 Å². The second kappa shape index (κ2) is 7.77. The highest BCUT2D eigenvalue weighted by Gasteiger charge is 2.27. The number of esters is 1. The van der Waals surface area contributed by atoms with Gasteiger partial charge < -0.3 is 9.72 Å². The topological polar surface area (TPSA) is 88.3 Å². The molecule has 0 fully saturated rings. The van der Waals surface area contributed by atoms with Gasteiger partial charge >= 0.3 is 5.97 Å². The lowest BCUT2D eigenvalue weighted by Crippen LogP contribution is -2.42. The van der Waals surface area contributed by atoms with Gasteiger partial charge in [-0.15, -0.1) is 0 Å². The molecule has 2 N–H and O–H groups in total. The highest BCUT2D eigenvalue weighted by atomic mass is 127. The van der Waals surface area contributed by atoms with Crippen molar-refractivity contribution < 1.29 is 17.9 Å². The molecule has 1 atom stereocenters. The van der Waals surface area contributed by atoms with Gasteiger partial charge in [0.05, 0.1) is 12.0 Å². The number of hydrogen-bond acceptors (Lipinski definition) is 4. The van der Waals surface area contributed by atoms with Crippen molar-refractivity contribution in [2.24, 2.45) is 0 Å². The summed E-state index contributed by atoms with van der Waals surface area (Å²) in [4.78, 5) is 15.4. The number of fused-ring (bicyclic) bond motifs is 1. The number of benzene rings is 2. The predicted molar refractivity (Wildman–Crippen MR) is 107 cm³/mol. The number of nitrogens with one attached hydrogen (secondary N) is 2. The number of aromatic nitrogens is 1. The zero-order chi connectivity index (χ0) is 18.7. The van der Waals surface area contributed by atoms with Crippen LogP contribution in [-0.2, 0) is 26.0 Å². The Morgan fingerprint density at radius 3 is 2.58 bits per heavy atom. The van der Waals surface area contributed by atoms with E-state index in [-0.39, 0.29) is 11.3 Å². The van der Waals surface area contributed by atoms with Crippen LogP contribution in [0.3, 0.4) is 0 Å². The lowest BCUT2D eigenvalue weighted by molar-refractivity contribution is -0.142. The minimum atomic E-state index is -3.85. The van der Waals surface area contributed by atoms with Crippen molar-refractivity contribution >= 4 is 49.5 Å². The number of halogens is 1. The average molecular weight is 484 g/mol. The van der Waals surface area contributed by atoms with E-state index in [9.17, 15) is 13.2 Å². The van der Waals surface area contributed by atoms with E-state index in [1.54, 1.807) is 18.3 Å². The van der Waals surface area contributed by atoms with Gasteiger partial charge in [0, 0.05) is 27.1 Å². The van der Waals surface area contributed by atoms with E-state index in [2.05, 4.69) is 32.3 Å². The van der Waals surface area contributed by atoms with Crippen molar-refractivity contribution in [3.63, 3.8) is 0 Å². The van der Waals surface area contributed by atoms with Gasteiger partial charge in [-0.25, -0.2) is 8.42 Å². The average Bonchev–Trinajstić information content (AvgIpc) is 3.04. The van der Waals surface area contributed by atoms with Crippen LogP contribution in [-0.4, -0.2) is 32.5 Å². The number of carbonyl (C=O) groups excluding carboxylic acids is 1. The van der Waals surface area contributed by atoms with Crippen molar-refractivity contribution in [1.82, 2.24) is 9.71 Å². The molecule has 0 aliphatic rings. The van der Waals surface area contributed by atoms with Gasteiger partial charge in [-0.2, -0.15) is 4.72 Å². The van der Waals surface area contributed by atoms with Crippen LogP contribution in [0.1, 0.15) is 5.56 Å². The minimum absolute atomic E-state index is 0.103. The van der Waals surface area contributed by atoms with E-state index >= 15 is 0 Å². The van der Waals surface area contributed by atoms with Crippen molar-refractivity contribution in [2.45, 2.75) is 17.4 Å². The number of H-pyrrole nitrogens is 1.